The number of nitrogens with zero attached hydrogens (tertiary/aromatic N) is 2. The summed E-state index contributed by atoms with van der Waals surface area (Å²) in [6.45, 7) is 1.78. The third kappa shape index (κ3) is 3.02. The Kier molecular flexibility index (Phi) is 3.90. The lowest BCUT2D eigenvalue weighted by Gasteiger charge is -2.08. The van der Waals surface area contributed by atoms with Crippen LogP contribution in [0.5, 0.6) is 0 Å². The minimum absolute atomic E-state index is 0.0677. The molecular formula is C11H7Cl3FN3. The van der Waals surface area contributed by atoms with Crippen LogP contribution >= 0.6 is 34.8 Å². The van der Waals surface area contributed by atoms with Gasteiger partial charge in [-0.15, -0.1) is 0 Å². The van der Waals surface area contributed by atoms with Crippen LogP contribution in [0.3, 0.4) is 0 Å². The minimum Gasteiger partial charge on any atom is -0.340 e. The SMILES string of the molecule is Cc1cc(Nc2cc(Cl)c(F)c(Cl)c2)nc(Cl)n1. The minimum atomic E-state index is -0.652. The Morgan fingerprint density at radius 2 is 1.67 bits per heavy atom. The van der Waals surface area contributed by atoms with Gasteiger partial charge in [-0.1, -0.05) is 23.2 Å². The highest BCUT2D eigenvalue weighted by Crippen LogP contribution is 2.28. The van der Waals surface area contributed by atoms with E-state index in [-0.39, 0.29) is 15.3 Å². The van der Waals surface area contributed by atoms with Gasteiger partial charge in [0.1, 0.15) is 5.82 Å². The second kappa shape index (κ2) is 5.26. The molecule has 0 amide bonds. The van der Waals surface area contributed by atoms with Crippen LogP contribution in [0.2, 0.25) is 15.3 Å². The van der Waals surface area contributed by atoms with Gasteiger partial charge >= 0.3 is 0 Å². The lowest BCUT2D eigenvalue weighted by atomic mass is 10.3. The molecule has 0 unspecified atom stereocenters. The summed E-state index contributed by atoms with van der Waals surface area (Å²) in [5.74, 6) is -0.174. The normalized spacial score (nSPS) is 10.5. The van der Waals surface area contributed by atoms with Crippen LogP contribution in [0, 0.1) is 12.7 Å². The van der Waals surface area contributed by atoms with E-state index in [4.69, 9.17) is 34.8 Å². The molecule has 3 nitrogen and oxygen atoms in total. The van der Waals surface area contributed by atoms with Gasteiger partial charge in [-0.05, 0) is 30.7 Å². The first-order valence-electron chi connectivity index (χ1n) is 4.88. The van der Waals surface area contributed by atoms with Crippen molar-refractivity contribution in [1.82, 2.24) is 9.97 Å². The van der Waals surface area contributed by atoms with E-state index in [1.165, 1.54) is 12.1 Å². The first kappa shape index (κ1) is 13.3. The largest absolute Gasteiger partial charge is 0.340 e. The molecule has 0 radical (unpaired) electrons. The van der Waals surface area contributed by atoms with Gasteiger partial charge < -0.3 is 5.32 Å². The van der Waals surface area contributed by atoms with Crippen molar-refractivity contribution in [2.24, 2.45) is 0 Å². The number of halogens is 4. The zero-order valence-corrected chi connectivity index (χ0v) is 11.4. The summed E-state index contributed by atoms with van der Waals surface area (Å²) in [4.78, 5) is 7.90. The van der Waals surface area contributed by atoms with Gasteiger partial charge in [-0.3, -0.25) is 0 Å². The van der Waals surface area contributed by atoms with E-state index in [2.05, 4.69) is 15.3 Å². The predicted octanol–water partition coefficient (Wildman–Crippen LogP) is 4.63. The Morgan fingerprint density at radius 3 is 2.22 bits per heavy atom. The van der Waals surface area contributed by atoms with Crippen LogP contribution in [-0.4, -0.2) is 9.97 Å². The molecule has 0 aliphatic rings. The van der Waals surface area contributed by atoms with Crippen molar-refractivity contribution in [2.45, 2.75) is 6.92 Å². The maximum Gasteiger partial charge on any atom is 0.224 e. The van der Waals surface area contributed by atoms with Gasteiger partial charge in [-0.2, -0.15) is 0 Å². The van der Waals surface area contributed by atoms with Crippen molar-refractivity contribution < 1.29 is 4.39 Å². The first-order chi connectivity index (χ1) is 8.45. The van der Waals surface area contributed by atoms with Crippen molar-refractivity contribution >= 4 is 46.3 Å². The predicted molar refractivity (Wildman–Crippen MR) is 71.5 cm³/mol. The molecule has 0 aliphatic carbocycles. The van der Waals surface area contributed by atoms with Crippen LogP contribution in [0.15, 0.2) is 18.2 Å². The second-order valence-corrected chi connectivity index (χ2v) is 4.69. The maximum absolute atomic E-state index is 13.2. The Morgan fingerprint density at radius 1 is 1.06 bits per heavy atom. The number of nitrogens with one attached hydrogen (secondary N) is 1. The number of aryl methyl sites for hydroxylation is 1. The number of hydrogen-bond donors (Lipinski definition) is 1. The van der Waals surface area contributed by atoms with E-state index in [1.54, 1.807) is 13.0 Å². The van der Waals surface area contributed by atoms with Gasteiger partial charge in [0, 0.05) is 17.4 Å². The third-order valence-corrected chi connectivity index (χ3v) is 2.80. The lowest BCUT2D eigenvalue weighted by molar-refractivity contribution is 0.629. The van der Waals surface area contributed by atoms with E-state index in [1.807, 2.05) is 0 Å². The molecule has 0 fully saturated rings. The number of aromatic nitrogens is 2. The Labute approximate surface area is 118 Å². The smallest absolute Gasteiger partial charge is 0.224 e. The second-order valence-electron chi connectivity index (χ2n) is 3.54. The molecule has 0 atom stereocenters. The Bertz CT molecular complexity index is 561. The summed E-state index contributed by atoms with van der Waals surface area (Å²) >= 11 is 17.1. The zero-order valence-electron chi connectivity index (χ0n) is 9.14. The molecule has 0 aliphatic heterocycles. The number of anilines is 2. The Balaban J connectivity index is 2.34. The molecule has 0 bridgehead atoms. The summed E-state index contributed by atoms with van der Waals surface area (Å²) in [6.07, 6.45) is 0. The van der Waals surface area contributed by atoms with E-state index in [0.717, 1.165) is 0 Å². The quantitative estimate of drug-likeness (QED) is 0.649. The standard InChI is InChI=1S/C11H7Cl3FN3/c1-5-2-9(18-11(14)16-5)17-6-3-7(12)10(15)8(13)4-6/h2-4H,1H3,(H,16,17,18). The topological polar surface area (TPSA) is 37.8 Å². The van der Waals surface area contributed by atoms with E-state index in [0.29, 0.717) is 17.2 Å². The molecule has 1 N–H and O–H groups in total. The zero-order chi connectivity index (χ0) is 13.3. The molecule has 0 saturated carbocycles. The van der Waals surface area contributed by atoms with E-state index >= 15 is 0 Å². The van der Waals surface area contributed by atoms with Gasteiger partial charge in [0.2, 0.25) is 5.28 Å². The first-order valence-corrected chi connectivity index (χ1v) is 6.02. The van der Waals surface area contributed by atoms with Gasteiger partial charge in [0.05, 0.1) is 10.0 Å². The van der Waals surface area contributed by atoms with Crippen LogP contribution in [-0.2, 0) is 0 Å². The molecule has 0 spiro atoms. The summed E-state index contributed by atoms with van der Waals surface area (Å²) in [7, 11) is 0. The fourth-order valence-corrected chi connectivity index (χ4v) is 2.08. The average molecular weight is 307 g/mol. The summed E-state index contributed by atoms with van der Waals surface area (Å²) < 4.78 is 13.2. The molecule has 7 heteroatoms. The van der Waals surface area contributed by atoms with Crippen LogP contribution < -0.4 is 5.32 Å². The molecule has 18 heavy (non-hydrogen) atoms. The molecule has 1 aromatic heterocycles. The Hall–Kier alpha value is -1.10. The highest BCUT2D eigenvalue weighted by atomic mass is 35.5. The molecule has 1 heterocycles. The van der Waals surface area contributed by atoms with Crippen LogP contribution in [0.1, 0.15) is 5.69 Å². The molecular weight excluding hydrogens is 299 g/mol. The highest BCUT2D eigenvalue weighted by molar-refractivity contribution is 6.35. The van der Waals surface area contributed by atoms with Crippen LogP contribution in [0.4, 0.5) is 15.9 Å². The molecule has 2 aromatic rings. The van der Waals surface area contributed by atoms with Crippen molar-refractivity contribution in [3.63, 3.8) is 0 Å². The van der Waals surface area contributed by atoms with Gasteiger partial charge in [0.25, 0.3) is 0 Å². The summed E-state index contributed by atoms with van der Waals surface area (Å²) in [5, 5.41) is 2.91. The number of benzene rings is 1. The number of rotatable bonds is 2. The van der Waals surface area contributed by atoms with Gasteiger partial charge in [-0.25, -0.2) is 14.4 Å². The molecule has 0 saturated heterocycles. The number of hydrogen-bond acceptors (Lipinski definition) is 3. The third-order valence-electron chi connectivity index (χ3n) is 2.08. The summed E-state index contributed by atoms with van der Waals surface area (Å²) in [6, 6.07) is 4.51. The fourth-order valence-electron chi connectivity index (χ4n) is 1.37. The molecule has 2 rings (SSSR count). The van der Waals surface area contributed by atoms with Crippen molar-refractivity contribution in [1.29, 1.82) is 0 Å². The molecule has 1 aromatic carbocycles. The van der Waals surface area contributed by atoms with E-state index in [9.17, 15) is 4.39 Å². The van der Waals surface area contributed by atoms with Crippen LogP contribution in [0.25, 0.3) is 0 Å². The average Bonchev–Trinajstić information content (AvgIpc) is 2.24. The van der Waals surface area contributed by atoms with E-state index < -0.39 is 5.82 Å². The van der Waals surface area contributed by atoms with Crippen molar-refractivity contribution in [2.75, 3.05) is 5.32 Å². The maximum atomic E-state index is 13.2. The van der Waals surface area contributed by atoms with Crippen molar-refractivity contribution in [3.05, 3.63) is 45.0 Å². The monoisotopic (exact) mass is 305 g/mol. The fraction of sp³-hybridized carbons (Fsp3) is 0.0909. The lowest BCUT2D eigenvalue weighted by Crippen LogP contribution is -1.97. The van der Waals surface area contributed by atoms with Gasteiger partial charge in [0.15, 0.2) is 5.82 Å². The summed E-state index contributed by atoms with van der Waals surface area (Å²) in [5.41, 5.74) is 1.22. The molecule has 94 valence electrons. The highest BCUT2D eigenvalue weighted by Gasteiger charge is 2.08. The van der Waals surface area contributed by atoms with Crippen molar-refractivity contribution in [3.8, 4) is 0 Å².